The van der Waals surface area contributed by atoms with Gasteiger partial charge in [0, 0.05) is 27.4 Å². The number of nitro groups is 1. The number of nitrogens with one attached hydrogen (secondary N) is 1. The van der Waals surface area contributed by atoms with Crippen LogP contribution in [0.15, 0.2) is 47.4 Å². The molecule has 0 atom stereocenters. The number of amides is 1. The molecule has 2 aromatic carbocycles. The van der Waals surface area contributed by atoms with Gasteiger partial charge in [0.25, 0.3) is 5.91 Å². The van der Waals surface area contributed by atoms with Crippen molar-refractivity contribution in [3.63, 3.8) is 0 Å². The molecule has 10 heteroatoms. The van der Waals surface area contributed by atoms with Crippen molar-refractivity contribution in [1.82, 2.24) is 0 Å². The molecule has 2 aromatic rings. The Balaban J connectivity index is 1.73. The Labute approximate surface area is 163 Å². The van der Waals surface area contributed by atoms with Crippen molar-refractivity contribution in [3.8, 4) is 0 Å². The quantitative estimate of drug-likeness (QED) is 0.304. The van der Waals surface area contributed by atoms with Gasteiger partial charge in [-0.1, -0.05) is 11.6 Å². The first-order valence-corrected chi connectivity index (χ1v) is 8.99. The molecule has 0 aliphatic carbocycles. The van der Waals surface area contributed by atoms with Gasteiger partial charge in [-0.05, 0) is 36.4 Å². The lowest BCUT2D eigenvalue weighted by atomic mass is 10.2. The number of halogens is 2. The minimum atomic E-state index is -1.01. The number of nitrogens with zero attached hydrogens (tertiary/aromatic N) is 1. The predicted molar refractivity (Wildman–Crippen MR) is 99.4 cm³/mol. The highest BCUT2D eigenvalue weighted by atomic mass is 35.5. The van der Waals surface area contributed by atoms with Crippen LogP contribution in [0.5, 0.6) is 0 Å². The lowest BCUT2D eigenvalue weighted by molar-refractivity contribution is -0.387. The zero-order valence-corrected chi connectivity index (χ0v) is 15.4. The van der Waals surface area contributed by atoms with Gasteiger partial charge in [-0.3, -0.25) is 19.7 Å². The van der Waals surface area contributed by atoms with Crippen LogP contribution in [0.4, 0.5) is 15.8 Å². The number of ether oxygens (including phenoxy) is 1. The number of carbonyl (C=O) groups is 2. The highest BCUT2D eigenvalue weighted by Gasteiger charge is 2.16. The van der Waals surface area contributed by atoms with Gasteiger partial charge in [0.2, 0.25) is 5.82 Å². The summed E-state index contributed by atoms with van der Waals surface area (Å²) in [7, 11) is 0. The zero-order valence-electron chi connectivity index (χ0n) is 13.8. The Morgan fingerprint density at radius 2 is 1.93 bits per heavy atom. The van der Waals surface area contributed by atoms with E-state index >= 15 is 0 Å². The summed E-state index contributed by atoms with van der Waals surface area (Å²) in [6.07, 6.45) is 0.0998. The van der Waals surface area contributed by atoms with Gasteiger partial charge < -0.3 is 10.1 Å². The van der Waals surface area contributed by atoms with Crippen molar-refractivity contribution >= 4 is 46.6 Å². The van der Waals surface area contributed by atoms with E-state index in [0.717, 1.165) is 17.0 Å². The second-order valence-corrected chi connectivity index (χ2v) is 6.79. The topological polar surface area (TPSA) is 98.5 Å². The van der Waals surface area contributed by atoms with Crippen molar-refractivity contribution in [2.75, 3.05) is 17.7 Å². The summed E-state index contributed by atoms with van der Waals surface area (Å²) in [6, 6.07) is 10.1. The van der Waals surface area contributed by atoms with Crippen molar-refractivity contribution in [2.45, 2.75) is 11.3 Å². The molecule has 0 aromatic heterocycles. The molecule has 2 rings (SSSR count). The van der Waals surface area contributed by atoms with E-state index in [9.17, 15) is 24.1 Å². The van der Waals surface area contributed by atoms with E-state index in [1.54, 1.807) is 12.1 Å². The zero-order chi connectivity index (χ0) is 19.8. The average Bonchev–Trinajstić information content (AvgIpc) is 2.63. The van der Waals surface area contributed by atoms with E-state index in [4.69, 9.17) is 16.3 Å². The molecular weight excluding hydrogens is 399 g/mol. The first-order valence-electron chi connectivity index (χ1n) is 7.63. The predicted octanol–water partition coefficient (Wildman–Crippen LogP) is 4.05. The summed E-state index contributed by atoms with van der Waals surface area (Å²) in [5.41, 5.74) is -0.730. The highest BCUT2D eigenvalue weighted by molar-refractivity contribution is 7.99. The number of carbonyl (C=O) groups excluding carboxylic acids is 2. The molecule has 0 fully saturated rings. The van der Waals surface area contributed by atoms with Crippen LogP contribution in [0.25, 0.3) is 0 Å². The normalized spacial score (nSPS) is 10.3. The first-order chi connectivity index (χ1) is 12.8. The van der Waals surface area contributed by atoms with Gasteiger partial charge in [-0.25, -0.2) is 0 Å². The SMILES string of the molecule is O=C(COC(=O)CCSc1ccc(Cl)cc1)Nc1ccc(F)c([N+](=O)[O-])c1. The Morgan fingerprint density at radius 1 is 1.22 bits per heavy atom. The standard InChI is InChI=1S/C17H14ClFN2O5S/c18-11-1-4-13(5-2-11)27-8-7-17(23)26-10-16(22)20-12-3-6-14(19)15(9-12)21(24)25/h1-6,9H,7-8,10H2,(H,20,22). The van der Waals surface area contributed by atoms with E-state index < -0.39 is 34.9 Å². The molecule has 27 heavy (non-hydrogen) atoms. The maximum absolute atomic E-state index is 13.2. The third-order valence-electron chi connectivity index (χ3n) is 3.18. The minimum Gasteiger partial charge on any atom is -0.456 e. The van der Waals surface area contributed by atoms with E-state index in [0.29, 0.717) is 10.8 Å². The summed E-state index contributed by atoms with van der Waals surface area (Å²) in [5.74, 6) is -1.79. The lowest BCUT2D eigenvalue weighted by Gasteiger charge is -2.07. The van der Waals surface area contributed by atoms with Gasteiger partial charge in [0.15, 0.2) is 6.61 Å². The van der Waals surface area contributed by atoms with E-state index in [-0.39, 0.29) is 12.1 Å². The van der Waals surface area contributed by atoms with Crippen LogP contribution in [-0.4, -0.2) is 29.2 Å². The summed E-state index contributed by atoms with van der Waals surface area (Å²) < 4.78 is 18.1. The monoisotopic (exact) mass is 412 g/mol. The second kappa shape index (κ2) is 9.89. The Kier molecular flexibility index (Phi) is 7.56. The van der Waals surface area contributed by atoms with Gasteiger partial charge in [-0.15, -0.1) is 11.8 Å². The van der Waals surface area contributed by atoms with Crippen LogP contribution in [0.1, 0.15) is 6.42 Å². The molecule has 0 unspecified atom stereocenters. The third kappa shape index (κ3) is 6.87. The number of thioether (sulfide) groups is 1. The van der Waals surface area contributed by atoms with Gasteiger partial charge >= 0.3 is 11.7 Å². The third-order valence-corrected chi connectivity index (χ3v) is 4.45. The largest absolute Gasteiger partial charge is 0.456 e. The summed E-state index contributed by atoms with van der Waals surface area (Å²) in [4.78, 5) is 34.1. The number of rotatable bonds is 8. The molecular formula is C17H14ClFN2O5S. The van der Waals surface area contributed by atoms with E-state index in [1.165, 1.54) is 17.8 Å². The number of benzene rings is 2. The average molecular weight is 413 g/mol. The molecule has 0 saturated carbocycles. The van der Waals surface area contributed by atoms with Crippen LogP contribution in [0.3, 0.4) is 0 Å². The van der Waals surface area contributed by atoms with Crippen LogP contribution in [0, 0.1) is 15.9 Å². The molecule has 1 amide bonds. The molecule has 0 heterocycles. The fourth-order valence-electron chi connectivity index (χ4n) is 1.93. The van der Waals surface area contributed by atoms with Crippen LogP contribution >= 0.6 is 23.4 Å². The second-order valence-electron chi connectivity index (χ2n) is 5.18. The summed E-state index contributed by atoms with van der Waals surface area (Å²) in [5, 5.41) is 13.6. The molecule has 0 bridgehead atoms. The smallest absolute Gasteiger partial charge is 0.307 e. The number of anilines is 1. The highest BCUT2D eigenvalue weighted by Crippen LogP contribution is 2.22. The first kappa shape index (κ1) is 20.7. The fourth-order valence-corrected chi connectivity index (χ4v) is 2.89. The molecule has 0 aliphatic rings. The van der Waals surface area contributed by atoms with Crippen LogP contribution < -0.4 is 5.32 Å². The minimum absolute atomic E-state index is 0.0300. The number of hydrogen-bond donors (Lipinski definition) is 1. The molecule has 0 saturated heterocycles. The van der Waals surface area contributed by atoms with Gasteiger partial charge in [0.1, 0.15) is 0 Å². The van der Waals surface area contributed by atoms with Gasteiger partial charge in [-0.2, -0.15) is 4.39 Å². The maximum Gasteiger partial charge on any atom is 0.307 e. The summed E-state index contributed by atoms with van der Waals surface area (Å²) >= 11 is 7.22. The van der Waals surface area contributed by atoms with Crippen molar-refractivity contribution < 1.29 is 23.6 Å². The Bertz CT molecular complexity index is 848. The van der Waals surface area contributed by atoms with Crippen molar-refractivity contribution in [1.29, 1.82) is 0 Å². The van der Waals surface area contributed by atoms with E-state index in [1.807, 2.05) is 12.1 Å². The molecule has 142 valence electrons. The summed E-state index contributed by atoms with van der Waals surface area (Å²) in [6.45, 7) is -0.546. The molecule has 7 nitrogen and oxygen atoms in total. The van der Waals surface area contributed by atoms with Crippen molar-refractivity contribution in [2.24, 2.45) is 0 Å². The molecule has 1 N–H and O–H groups in total. The van der Waals surface area contributed by atoms with Crippen LogP contribution in [0.2, 0.25) is 5.02 Å². The number of nitro benzene ring substituents is 1. The maximum atomic E-state index is 13.2. The lowest BCUT2D eigenvalue weighted by Crippen LogP contribution is -2.21. The van der Waals surface area contributed by atoms with Crippen molar-refractivity contribution in [3.05, 3.63) is 63.4 Å². The number of esters is 1. The van der Waals surface area contributed by atoms with Gasteiger partial charge in [0.05, 0.1) is 11.3 Å². The Hall–Kier alpha value is -2.65. The fraction of sp³-hybridized carbons (Fsp3) is 0.176. The molecule has 0 spiro atoms. The van der Waals surface area contributed by atoms with E-state index in [2.05, 4.69) is 5.32 Å². The number of hydrogen-bond acceptors (Lipinski definition) is 6. The molecule has 0 aliphatic heterocycles. The Morgan fingerprint density at radius 3 is 2.59 bits per heavy atom. The van der Waals surface area contributed by atoms with Crippen LogP contribution in [-0.2, 0) is 14.3 Å². The molecule has 0 radical (unpaired) electrons.